The highest BCUT2D eigenvalue weighted by atomic mass is 79.9. The molecule has 0 saturated carbocycles. The van der Waals surface area contributed by atoms with Crippen LogP contribution in [-0.4, -0.2) is 16.9 Å². The van der Waals surface area contributed by atoms with Gasteiger partial charge >= 0.3 is 0 Å². The SMILES string of the molecule is Br.CCCCSC(=N)NC(=N)N. The lowest BCUT2D eigenvalue weighted by Gasteiger charge is -2.03. The van der Waals surface area contributed by atoms with Crippen molar-refractivity contribution in [3.05, 3.63) is 0 Å². The van der Waals surface area contributed by atoms with Gasteiger partial charge in [-0.25, -0.2) is 0 Å². The van der Waals surface area contributed by atoms with Gasteiger partial charge in [0.1, 0.15) is 0 Å². The van der Waals surface area contributed by atoms with Gasteiger partial charge in [0, 0.05) is 5.75 Å². The van der Waals surface area contributed by atoms with Gasteiger partial charge in [-0.3, -0.25) is 10.8 Å². The van der Waals surface area contributed by atoms with E-state index in [2.05, 4.69) is 12.2 Å². The average molecular weight is 255 g/mol. The summed E-state index contributed by atoms with van der Waals surface area (Å²) in [5, 5.41) is 16.7. The molecule has 72 valence electrons. The number of amidine groups is 1. The smallest absolute Gasteiger partial charge is 0.191 e. The van der Waals surface area contributed by atoms with Crippen molar-refractivity contribution in [2.24, 2.45) is 5.73 Å². The average Bonchev–Trinajstić information content (AvgIpc) is 1.86. The monoisotopic (exact) mass is 254 g/mol. The van der Waals surface area contributed by atoms with E-state index in [9.17, 15) is 0 Å². The molecule has 0 unspecified atom stereocenters. The number of halogens is 1. The predicted octanol–water partition coefficient (Wildman–Crippen LogP) is 1.52. The maximum Gasteiger partial charge on any atom is 0.191 e. The Kier molecular flexibility index (Phi) is 10.6. The van der Waals surface area contributed by atoms with E-state index in [0.717, 1.165) is 18.6 Å². The third-order valence-corrected chi connectivity index (χ3v) is 1.88. The molecule has 0 aliphatic carbocycles. The molecule has 0 aliphatic heterocycles. The lowest BCUT2D eigenvalue weighted by Crippen LogP contribution is -2.33. The minimum absolute atomic E-state index is 0. The molecule has 0 aliphatic rings. The molecule has 0 aromatic heterocycles. The van der Waals surface area contributed by atoms with Gasteiger partial charge in [-0.05, 0) is 6.42 Å². The lowest BCUT2D eigenvalue weighted by molar-refractivity contribution is 0.898. The Balaban J connectivity index is 0. The number of guanidine groups is 1. The van der Waals surface area contributed by atoms with E-state index in [4.69, 9.17) is 16.6 Å². The summed E-state index contributed by atoms with van der Waals surface area (Å²) in [4.78, 5) is 0. The second-order valence-electron chi connectivity index (χ2n) is 2.07. The molecule has 0 atom stereocenters. The summed E-state index contributed by atoms with van der Waals surface area (Å²) < 4.78 is 0. The Morgan fingerprint density at radius 1 is 1.50 bits per heavy atom. The van der Waals surface area contributed by atoms with Crippen LogP contribution in [0.15, 0.2) is 0 Å². The zero-order valence-corrected chi connectivity index (χ0v) is 9.54. The van der Waals surface area contributed by atoms with Crippen molar-refractivity contribution in [2.75, 3.05) is 5.75 Å². The minimum atomic E-state index is -0.168. The Morgan fingerprint density at radius 3 is 2.50 bits per heavy atom. The van der Waals surface area contributed by atoms with Gasteiger partial charge in [-0.1, -0.05) is 25.1 Å². The Morgan fingerprint density at radius 2 is 2.08 bits per heavy atom. The standard InChI is InChI=1S/C6H14N4S.BrH/c1-2-3-4-11-6(9)10-5(7)8;/h2-4H2,1H3,(H5,7,8,9,10);1H. The van der Waals surface area contributed by atoms with Crippen LogP contribution in [0.3, 0.4) is 0 Å². The fourth-order valence-electron chi connectivity index (χ4n) is 0.477. The van der Waals surface area contributed by atoms with Crippen LogP contribution in [0.1, 0.15) is 19.8 Å². The molecule has 0 fully saturated rings. The summed E-state index contributed by atoms with van der Waals surface area (Å²) >= 11 is 1.38. The van der Waals surface area contributed by atoms with E-state index in [1.807, 2.05) is 0 Å². The predicted molar refractivity (Wildman–Crippen MR) is 60.5 cm³/mol. The molecular weight excluding hydrogens is 240 g/mol. The Bertz CT molecular complexity index is 150. The van der Waals surface area contributed by atoms with Gasteiger partial charge in [0.2, 0.25) is 0 Å². The van der Waals surface area contributed by atoms with E-state index in [0.29, 0.717) is 0 Å². The first-order chi connectivity index (χ1) is 5.16. The molecule has 0 spiro atoms. The normalized spacial score (nSPS) is 8.42. The minimum Gasteiger partial charge on any atom is -0.370 e. The molecule has 0 rings (SSSR count). The van der Waals surface area contributed by atoms with E-state index < -0.39 is 0 Å². The van der Waals surface area contributed by atoms with Crippen LogP contribution in [0.2, 0.25) is 0 Å². The molecule has 12 heavy (non-hydrogen) atoms. The quantitative estimate of drug-likeness (QED) is 0.350. The van der Waals surface area contributed by atoms with Crippen molar-refractivity contribution in [2.45, 2.75) is 19.8 Å². The van der Waals surface area contributed by atoms with Gasteiger partial charge in [0.15, 0.2) is 11.1 Å². The van der Waals surface area contributed by atoms with Crippen LogP contribution in [0, 0.1) is 10.8 Å². The summed E-state index contributed by atoms with van der Waals surface area (Å²) in [7, 11) is 0. The molecule has 6 heteroatoms. The maximum absolute atomic E-state index is 7.23. The summed E-state index contributed by atoms with van der Waals surface area (Å²) in [6.07, 6.45) is 2.22. The van der Waals surface area contributed by atoms with E-state index >= 15 is 0 Å². The second kappa shape index (κ2) is 8.86. The number of unbranched alkanes of at least 4 members (excludes halogenated alkanes) is 1. The number of hydrogen-bond donors (Lipinski definition) is 4. The van der Waals surface area contributed by atoms with Crippen LogP contribution in [-0.2, 0) is 0 Å². The number of nitrogens with one attached hydrogen (secondary N) is 3. The molecule has 0 aromatic carbocycles. The van der Waals surface area contributed by atoms with Gasteiger partial charge in [-0.15, -0.1) is 17.0 Å². The molecule has 5 N–H and O–H groups in total. The lowest BCUT2D eigenvalue weighted by atomic mass is 10.4. The zero-order chi connectivity index (χ0) is 8.69. The number of nitrogens with two attached hydrogens (primary N) is 1. The number of thioether (sulfide) groups is 1. The molecular formula is C6H15BrN4S. The highest BCUT2D eigenvalue weighted by Gasteiger charge is 1.96. The highest BCUT2D eigenvalue weighted by molar-refractivity contribution is 8.93. The van der Waals surface area contributed by atoms with Crippen LogP contribution in [0.5, 0.6) is 0 Å². The van der Waals surface area contributed by atoms with Crippen LogP contribution >= 0.6 is 28.7 Å². The first kappa shape index (κ1) is 14.3. The van der Waals surface area contributed by atoms with Crippen molar-refractivity contribution >= 4 is 39.9 Å². The van der Waals surface area contributed by atoms with E-state index in [-0.39, 0.29) is 28.1 Å². The number of hydrogen-bond acceptors (Lipinski definition) is 3. The summed E-state index contributed by atoms with van der Waals surface area (Å²) in [5.74, 6) is 0.745. The molecule has 4 nitrogen and oxygen atoms in total. The highest BCUT2D eigenvalue weighted by Crippen LogP contribution is 2.03. The summed E-state index contributed by atoms with van der Waals surface area (Å²) in [6.45, 7) is 2.10. The molecule has 0 heterocycles. The van der Waals surface area contributed by atoms with Crippen molar-refractivity contribution in [1.29, 1.82) is 10.8 Å². The summed E-state index contributed by atoms with van der Waals surface area (Å²) in [5.41, 5.74) is 5.02. The van der Waals surface area contributed by atoms with Crippen molar-refractivity contribution in [3.8, 4) is 0 Å². The molecule has 0 amide bonds. The van der Waals surface area contributed by atoms with E-state index in [1.54, 1.807) is 0 Å². The zero-order valence-electron chi connectivity index (χ0n) is 7.02. The fraction of sp³-hybridized carbons (Fsp3) is 0.667. The summed E-state index contributed by atoms with van der Waals surface area (Å²) in [6, 6.07) is 0. The molecule has 0 aromatic rings. The first-order valence-electron chi connectivity index (χ1n) is 3.49. The first-order valence-corrected chi connectivity index (χ1v) is 4.47. The molecule has 0 bridgehead atoms. The van der Waals surface area contributed by atoms with Gasteiger partial charge in [0.25, 0.3) is 0 Å². The van der Waals surface area contributed by atoms with Crippen molar-refractivity contribution < 1.29 is 0 Å². The molecule has 0 radical (unpaired) electrons. The maximum atomic E-state index is 7.23. The topological polar surface area (TPSA) is 85.8 Å². The Labute approximate surface area is 87.5 Å². The van der Waals surface area contributed by atoms with Crippen molar-refractivity contribution in [3.63, 3.8) is 0 Å². The van der Waals surface area contributed by atoms with E-state index in [1.165, 1.54) is 11.8 Å². The number of rotatable bonds is 3. The van der Waals surface area contributed by atoms with Gasteiger partial charge < -0.3 is 11.1 Å². The van der Waals surface area contributed by atoms with Crippen LogP contribution in [0.25, 0.3) is 0 Å². The largest absolute Gasteiger partial charge is 0.370 e. The second-order valence-corrected chi connectivity index (χ2v) is 3.17. The van der Waals surface area contributed by atoms with Crippen LogP contribution < -0.4 is 11.1 Å². The van der Waals surface area contributed by atoms with Crippen LogP contribution in [0.4, 0.5) is 0 Å². The Hall–Kier alpha value is -0.230. The third kappa shape index (κ3) is 9.77. The molecule has 0 saturated heterocycles. The van der Waals surface area contributed by atoms with Gasteiger partial charge in [0.05, 0.1) is 0 Å². The van der Waals surface area contributed by atoms with Crippen molar-refractivity contribution in [1.82, 2.24) is 5.32 Å². The van der Waals surface area contributed by atoms with Gasteiger partial charge in [-0.2, -0.15) is 0 Å². The third-order valence-electron chi connectivity index (χ3n) is 0.992. The fourth-order valence-corrected chi connectivity index (χ4v) is 1.30.